The van der Waals surface area contributed by atoms with Crippen molar-refractivity contribution in [3.63, 3.8) is 0 Å². The van der Waals surface area contributed by atoms with Crippen LogP contribution in [0, 0.1) is 6.42 Å². The fourth-order valence-corrected chi connectivity index (χ4v) is 0.701. The van der Waals surface area contributed by atoms with Crippen molar-refractivity contribution < 1.29 is 0 Å². The highest BCUT2D eigenvalue weighted by Gasteiger charge is 2.05. The second-order valence-electron chi connectivity index (χ2n) is 1.83. The molecule has 0 aromatic carbocycles. The lowest BCUT2D eigenvalue weighted by atomic mass is 10.3. The lowest BCUT2D eigenvalue weighted by molar-refractivity contribution is 0.666. The van der Waals surface area contributed by atoms with Gasteiger partial charge in [-0.25, -0.2) is 0 Å². The molecule has 1 heterocycles. The molecule has 0 aromatic rings. The maximum absolute atomic E-state index is 3.26. The molecule has 1 aliphatic rings. The van der Waals surface area contributed by atoms with E-state index in [0.29, 0.717) is 0 Å². The summed E-state index contributed by atoms with van der Waals surface area (Å²) in [6, 6.07) is 0.741. The third kappa shape index (κ3) is 0.716. The SMILES string of the molecule is C[C@H]1C[CH]CN1. The van der Waals surface area contributed by atoms with Gasteiger partial charge in [0.2, 0.25) is 0 Å². The summed E-state index contributed by atoms with van der Waals surface area (Å²) in [6.45, 7) is 3.31. The van der Waals surface area contributed by atoms with Crippen LogP contribution in [0.4, 0.5) is 0 Å². The van der Waals surface area contributed by atoms with Crippen molar-refractivity contribution in [1.82, 2.24) is 5.32 Å². The zero-order valence-electron chi connectivity index (χ0n) is 4.07. The largest absolute Gasteiger partial charge is 0.314 e. The van der Waals surface area contributed by atoms with Crippen LogP contribution < -0.4 is 5.32 Å². The summed E-state index contributed by atoms with van der Waals surface area (Å²) >= 11 is 0. The van der Waals surface area contributed by atoms with Gasteiger partial charge in [0.25, 0.3) is 0 Å². The zero-order valence-corrected chi connectivity index (χ0v) is 4.07. The predicted molar refractivity (Wildman–Crippen MR) is 26.4 cm³/mol. The second kappa shape index (κ2) is 1.61. The van der Waals surface area contributed by atoms with Crippen LogP contribution in [0.3, 0.4) is 0 Å². The van der Waals surface area contributed by atoms with Crippen LogP contribution in [0.5, 0.6) is 0 Å². The minimum atomic E-state index is 0.741. The van der Waals surface area contributed by atoms with Crippen molar-refractivity contribution in [2.75, 3.05) is 6.54 Å². The van der Waals surface area contributed by atoms with E-state index in [9.17, 15) is 0 Å². The van der Waals surface area contributed by atoms with Gasteiger partial charge < -0.3 is 5.32 Å². The molecule has 1 heteroatoms. The van der Waals surface area contributed by atoms with Crippen molar-refractivity contribution in [1.29, 1.82) is 0 Å². The fourth-order valence-electron chi connectivity index (χ4n) is 0.701. The molecule has 1 aliphatic heterocycles. The molecule has 1 atom stereocenters. The van der Waals surface area contributed by atoms with E-state index in [4.69, 9.17) is 0 Å². The van der Waals surface area contributed by atoms with E-state index in [0.717, 1.165) is 12.6 Å². The number of hydrogen-bond acceptors (Lipinski definition) is 1. The number of nitrogens with one attached hydrogen (secondary N) is 1. The molecule has 35 valence electrons. The summed E-state index contributed by atoms with van der Waals surface area (Å²) in [7, 11) is 0. The first-order valence-electron chi connectivity index (χ1n) is 2.44. The van der Waals surface area contributed by atoms with Gasteiger partial charge in [0.15, 0.2) is 0 Å². The molecule has 0 aromatic heterocycles. The molecule has 1 radical (unpaired) electrons. The van der Waals surface area contributed by atoms with Crippen molar-refractivity contribution in [3.8, 4) is 0 Å². The maximum atomic E-state index is 3.26. The van der Waals surface area contributed by atoms with Crippen LogP contribution in [-0.4, -0.2) is 12.6 Å². The van der Waals surface area contributed by atoms with E-state index in [1.165, 1.54) is 6.42 Å². The monoisotopic (exact) mass is 84.1 g/mol. The Hall–Kier alpha value is -0.0400. The van der Waals surface area contributed by atoms with Gasteiger partial charge in [-0.05, 0) is 26.3 Å². The summed E-state index contributed by atoms with van der Waals surface area (Å²) in [6.07, 6.45) is 3.52. The van der Waals surface area contributed by atoms with Crippen LogP contribution in [0.25, 0.3) is 0 Å². The minimum Gasteiger partial charge on any atom is -0.314 e. The highest BCUT2D eigenvalue weighted by atomic mass is 14.9. The molecule has 0 amide bonds. The lowest BCUT2D eigenvalue weighted by Crippen LogP contribution is -2.16. The van der Waals surface area contributed by atoms with Crippen molar-refractivity contribution in [3.05, 3.63) is 6.42 Å². The first kappa shape index (κ1) is 4.13. The zero-order chi connectivity index (χ0) is 4.41. The van der Waals surface area contributed by atoms with E-state index in [1.54, 1.807) is 0 Å². The molecule has 1 fully saturated rings. The topological polar surface area (TPSA) is 12.0 Å². The molecule has 1 N–H and O–H groups in total. The first-order valence-corrected chi connectivity index (χ1v) is 2.44. The summed E-state index contributed by atoms with van der Waals surface area (Å²) in [5.41, 5.74) is 0. The minimum absolute atomic E-state index is 0.741. The van der Waals surface area contributed by atoms with Crippen LogP contribution in [0.15, 0.2) is 0 Å². The van der Waals surface area contributed by atoms with Crippen molar-refractivity contribution in [2.24, 2.45) is 0 Å². The van der Waals surface area contributed by atoms with E-state index < -0.39 is 0 Å². The van der Waals surface area contributed by atoms with Gasteiger partial charge in [-0.1, -0.05) is 0 Å². The summed E-state index contributed by atoms with van der Waals surface area (Å²) in [4.78, 5) is 0. The summed E-state index contributed by atoms with van der Waals surface area (Å²) in [5.74, 6) is 0. The van der Waals surface area contributed by atoms with E-state index >= 15 is 0 Å². The number of rotatable bonds is 0. The van der Waals surface area contributed by atoms with Gasteiger partial charge in [-0.15, -0.1) is 0 Å². The average Bonchev–Trinajstić information content (AvgIpc) is 1.86. The molecule has 0 spiro atoms. The Morgan fingerprint density at radius 3 is 2.83 bits per heavy atom. The van der Waals surface area contributed by atoms with Gasteiger partial charge in [-0.3, -0.25) is 0 Å². The molecular formula is C5H10N. The summed E-state index contributed by atoms with van der Waals surface area (Å²) < 4.78 is 0. The Bertz CT molecular complexity index is 37.2. The van der Waals surface area contributed by atoms with Crippen molar-refractivity contribution in [2.45, 2.75) is 19.4 Å². The highest BCUT2D eigenvalue weighted by molar-refractivity contribution is 4.83. The normalized spacial score (nSPS) is 34.5. The molecular weight excluding hydrogens is 74.1 g/mol. The van der Waals surface area contributed by atoms with Crippen LogP contribution in [0.2, 0.25) is 0 Å². The first-order chi connectivity index (χ1) is 2.89. The molecule has 0 aliphatic carbocycles. The van der Waals surface area contributed by atoms with Crippen LogP contribution >= 0.6 is 0 Å². The van der Waals surface area contributed by atoms with Crippen LogP contribution in [-0.2, 0) is 0 Å². The van der Waals surface area contributed by atoms with Crippen molar-refractivity contribution >= 4 is 0 Å². The van der Waals surface area contributed by atoms with E-state index in [-0.39, 0.29) is 0 Å². The molecule has 1 nitrogen and oxygen atoms in total. The molecule has 1 rings (SSSR count). The Labute approximate surface area is 38.7 Å². The average molecular weight is 84.1 g/mol. The number of hydrogen-bond donors (Lipinski definition) is 1. The fraction of sp³-hybridized carbons (Fsp3) is 0.800. The highest BCUT2D eigenvalue weighted by Crippen LogP contribution is 2.00. The van der Waals surface area contributed by atoms with Gasteiger partial charge in [-0.2, -0.15) is 0 Å². The van der Waals surface area contributed by atoms with Crippen LogP contribution in [0.1, 0.15) is 13.3 Å². The molecule has 0 bridgehead atoms. The Morgan fingerprint density at radius 1 is 1.83 bits per heavy atom. The van der Waals surface area contributed by atoms with E-state index in [2.05, 4.69) is 18.7 Å². The Morgan fingerprint density at radius 2 is 2.67 bits per heavy atom. The van der Waals surface area contributed by atoms with Gasteiger partial charge >= 0.3 is 0 Å². The lowest BCUT2D eigenvalue weighted by Gasteiger charge is -1.95. The van der Waals surface area contributed by atoms with E-state index in [1.807, 2.05) is 0 Å². The summed E-state index contributed by atoms with van der Waals surface area (Å²) in [5, 5.41) is 3.26. The quantitative estimate of drug-likeness (QED) is 0.452. The van der Waals surface area contributed by atoms with Gasteiger partial charge in [0.05, 0.1) is 0 Å². The third-order valence-electron chi connectivity index (χ3n) is 1.13. The Balaban J connectivity index is 2.18. The molecule has 0 saturated carbocycles. The predicted octanol–water partition coefficient (Wildman–Crippen LogP) is 0.572. The van der Waals surface area contributed by atoms with Gasteiger partial charge in [0, 0.05) is 6.04 Å². The Kier molecular flexibility index (Phi) is 1.10. The molecule has 1 saturated heterocycles. The second-order valence-corrected chi connectivity index (χ2v) is 1.83. The third-order valence-corrected chi connectivity index (χ3v) is 1.13. The maximum Gasteiger partial charge on any atom is 0.00420 e. The molecule has 6 heavy (non-hydrogen) atoms. The van der Waals surface area contributed by atoms with Gasteiger partial charge in [0.1, 0.15) is 0 Å². The standard InChI is InChI=1S/C5H10N/c1-5-3-2-4-6-5/h2,5-6H,3-4H2,1H3/t5-/m0/s1. The smallest absolute Gasteiger partial charge is 0.00420 e. The molecule has 0 unspecified atom stereocenters.